The average Bonchev–Trinajstić information content (AvgIpc) is 3.96. The summed E-state index contributed by atoms with van der Waals surface area (Å²) >= 11 is 0. The molecule has 5 heteroatoms. The molecule has 4 heterocycles. The van der Waals surface area contributed by atoms with Crippen molar-refractivity contribution >= 4 is 60.6 Å². The number of nitrogens with zero attached hydrogens (tertiary/aromatic N) is 5. The first-order chi connectivity index (χ1) is 28.3. The molecule has 57 heavy (non-hydrogen) atoms. The Bertz CT molecular complexity index is 3250. The first kappa shape index (κ1) is 31.8. The Balaban J connectivity index is 1.06. The Kier molecular flexibility index (Phi) is 6.99. The highest BCUT2D eigenvalue weighted by Gasteiger charge is 2.38. The van der Waals surface area contributed by atoms with Gasteiger partial charge in [-0.05, 0) is 90.0 Å². The van der Waals surface area contributed by atoms with Crippen LogP contribution in [-0.2, 0) is 0 Å². The minimum atomic E-state index is 0.178. The molecule has 1 aliphatic heterocycles. The van der Waals surface area contributed by atoms with Crippen molar-refractivity contribution in [1.82, 2.24) is 19.1 Å². The van der Waals surface area contributed by atoms with Gasteiger partial charge in [0.1, 0.15) is 0 Å². The van der Waals surface area contributed by atoms with E-state index in [1.165, 1.54) is 33.2 Å². The van der Waals surface area contributed by atoms with Gasteiger partial charge >= 0.3 is 0 Å². The predicted octanol–water partition coefficient (Wildman–Crippen LogP) is 12.6. The van der Waals surface area contributed by atoms with E-state index in [4.69, 9.17) is 9.97 Å². The van der Waals surface area contributed by atoms with E-state index in [9.17, 15) is 0 Å². The van der Waals surface area contributed by atoms with Gasteiger partial charge in [-0.15, -0.1) is 0 Å². The quantitative estimate of drug-likeness (QED) is 0.177. The number of rotatable bonds is 5. The molecule has 5 nitrogen and oxygen atoms in total. The second-order valence-corrected chi connectivity index (χ2v) is 15.0. The van der Waals surface area contributed by atoms with Crippen molar-refractivity contribution < 1.29 is 0 Å². The second kappa shape index (κ2) is 12.5. The van der Waals surface area contributed by atoms with Gasteiger partial charge in [0.2, 0.25) is 0 Å². The number of hydrogen-bond acceptors (Lipinski definition) is 3. The summed E-state index contributed by atoms with van der Waals surface area (Å²) in [5.41, 5.74) is 13.5. The highest BCUT2D eigenvalue weighted by atomic mass is 15.2. The van der Waals surface area contributed by atoms with E-state index in [-0.39, 0.29) is 12.0 Å². The minimum Gasteiger partial charge on any atom is -0.333 e. The molecule has 1 aliphatic carbocycles. The van der Waals surface area contributed by atoms with Crippen LogP contribution in [0.1, 0.15) is 17.2 Å². The van der Waals surface area contributed by atoms with Crippen LogP contribution in [0.4, 0.5) is 11.4 Å². The number of para-hydroxylation sites is 5. The maximum atomic E-state index is 5.46. The molecule has 10 aromatic rings. The van der Waals surface area contributed by atoms with Crippen LogP contribution in [0.5, 0.6) is 0 Å². The summed E-state index contributed by atoms with van der Waals surface area (Å²) < 4.78 is 4.70. The zero-order valence-corrected chi connectivity index (χ0v) is 30.9. The van der Waals surface area contributed by atoms with Crippen molar-refractivity contribution in [2.45, 2.75) is 12.0 Å². The van der Waals surface area contributed by atoms with Gasteiger partial charge in [-0.25, -0.2) is 9.97 Å². The van der Waals surface area contributed by atoms with E-state index in [2.05, 4.69) is 214 Å². The fourth-order valence-corrected chi connectivity index (χ4v) is 9.35. The van der Waals surface area contributed by atoms with Gasteiger partial charge in [0.05, 0.1) is 33.8 Å². The molecule has 0 saturated carbocycles. The average molecular weight is 730 g/mol. The lowest BCUT2D eigenvalue weighted by Crippen LogP contribution is -2.29. The predicted molar refractivity (Wildman–Crippen MR) is 235 cm³/mol. The summed E-state index contributed by atoms with van der Waals surface area (Å²) in [6.45, 7) is 0. The molecule has 2 unspecified atom stereocenters. The van der Waals surface area contributed by atoms with E-state index in [1.807, 2.05) is 0 Å². The van der Waals surface area contributed by atoms with Crippen LogP contribution < -0.4 is 4.90 Å². The maximum absolute atomic E-state index is 5.46. The molecule has 0 spiro atoms. The topological polar surface area (TPSA) is 38.9 Å². The Morgan fingerprint density at radius 3 is 2.07 bits per heavy atom. The number of benzene rings is 7. The van der Waals surface area contributed by atoms with E-state index < -0.39 is 0 Å². The molecule has 0 bridgehead atoms. The van der Waals surface area contributed by atoms with E-state index in [0.717, 1.165) is 55.5 Å². The number of hydrogen-bond donors (Lipinski definition) is 0. The molecule has 0 N–H and O–H groups in total. The molecule has 2 atom stereocenters. The van der Waals surface area contributed by atoms with Gasteiger partial charge in [-0.3, -0.25) is 0 Å². The molecular formula is C52H35N5. The van der Waals surface area contributed by atoms with Crippen molar-refractivity contribution in [3.63, 3.8) is 0 Å². The first-order valence-corrected chi connectivity index (χ1v) is 19.6. The summed E-state index contributed by atoms with van der Waals surface area (Å²) in [7, 11) is 0. The molecule has 0 amide bonds. The van der Waals surface area contributed by atoms with Crippen molar-refractivity contribution in [2.75, 3.05) is 4.90 Å². The number of fused-ring (bicyclic) bond motifs is 9. The molecule has 2 aliphatic rings. The van der Waals surface area contributed by atoms with E-state index >= 15 is 0 Å². The van der Waals surface area contributed by atoms with Gasteiger partial charge in [0.15, 0.2) is 5.82 Å². The molecule has 0 fully saturated rings. The smallest absolute Gasteiger partial charge is 0.160 e. The lowest BCUT2D eigenvalue weighted by molar-refractivity contribution is 0.747. The molecule has 268 valence electrons. The van der Waals surface area contributed by atoms with Gasteiger partial charge in [-0.1, -0.05) is 115 Å². The van der Waals surface area contributed by atoms with Crippen LogP contribution in [0.15, 0.2) is 200 Å². The van der Waals surface area contributed by atoms with E-state index in [0.29, 0.717) is 5.82 Å². The van der Waals surface area contributed by atoms with Crippen LogP contribution in [0.2, 0.25) is 0 Å². The molecule has 12 rings (SSSR count). The Morgan fingerprint density at radius 2 is 1.25 bits per heavy atom. The van der Waals surface area contributed by atoms with Crippen LogP contribution in [-0.4, -0.2) is 25.1 Å². The van der Waals surface area contributed by atoms with Crippen LogP contribution >= 0.6 is 0 Å². The standard InChI is InChI=1S/C52H35N5/c1-4-14-37(15-5-1)55-31-30-34-24-29-48-49(51(34)55)43-33-36(26-28-47(43)57(48)39-18-8-3-9-19-39)52-53-44-22-12-10-21-41(44)50(54-52)35-25-27-46-42(32-35)40-20-11-13-23-45(40)56(46)38-16-6-2-7-17-38/h1-33,42,46H. The number of anilines is 2. The SMILES string of the molecule is C1=CC2C(C=C1c1nc(-c3ccc4c(c3)c3c5c(ccc3n4-c3ccccc3)ccn5-c3ccccc3)nc3ccccc13)c1ccccc1N2c1ccccc1. The Hall–Kier alpha value is -7.50. The van der Waals surface area contributed by atoms with Crippen molar-refractivity contribution in [3.8, 4) is 22.8 Å². The third kappa shape index (κ3) is 4.89. The zero-order chi connectivity index (χ0) is 37.5. The monoisotopic (exact) mass is 729 g/mol. The molecular weight excluding hydrogens is 695 g/mol. The van der Waals surface area contributed by atoms with E-state index in [1.54, 1.807) is 0 Å². The summed E-state index contributed by atoms with van der Waals surface area (Å²) in [6.07, 6.45) is 9.25. The van der Waals surface area contributed by atoms with Gasteiger partial charge in [0, 0.05) is 62.0 Å². The fraction of sp³-hybridized carbons (Fsp3) is 0.0385. The van der Waals surface area contributed by atoms with Crippen molar-refractivity contribution in [2.24, 2.45) is 0 Å². The first-order valence-electron chi connectivity index (χ1n) is 19.6. The summed E-state index contributed by atoms with van der Waals surface area (Å²) in [5, 5.41) is 4.61. The van der Waals surface area contributed by atoms with Gasteiger partial charge in [0.25, 0.3) is 0 Å². The third-order valence-corrected chi connectivity index (χ3v) is 11.9. The van der Waals surface area contributed by atoms with Crippen LogP contribution in [0, 0.1) is 0 Å². The fourth-order valence-electron chi connectivity index (χ4n) is 9.35. The summed E-state index contributed by atoms with van der Waals surface area (Å²) in [4.78, 5) is 13.2. The van der Waals surface area contributed by atoms with Crippen LogP contribution in [0.25, 0.3) is 71.9 Å². The lowest BCUT2D eigenvalue weighted by atomic mass is 9.87. The molecule has 0 saturated heterocycles. The molecule has 0 radical (unpaired) electrons. The highest BCUT2D eigenvalue weighted by molar-refractivity contribution is 6.21. The van der Waals surface area contributed by atoms with Crippen molar-refractivity contribution in [1.29, 1.82) is 0 Å². The second-order valence-electron chi connectivity index (χ2n) is 15.0. The largest absolute Gasteiger partial charge is 0.333 e. The van der Waals surface area contributed by atoms with Gasteiger partial charge < -0.3 is 14.0 Å². The summed E-state index contributed by atoms with van der Waals surface area (Å²) in [6, 6.07) is 62.9. The van der Waals surface area contributed by atoms with Crippen molar-refractivity contribution in [3.05, 3.63) is 212 Å². The lowest BCUT2D eigenvalue weighted by Gasteiger charge is -2.29. The summed E-state index contributed by atoms with van der Waals surface area (Å²) in [5.74, 6) is 0.897. The highest BCUT2D eigenvalue weighted by Crippen LogP contribution is 2.49. The minimum absolute atomic E-state index is 0.178. The number of aromatic nitrogens is 4. The zero-order valence-electron chi connectivity index (χ0n) is 30.9. The normalized spacial score (nSPS) is 16.1. The van der Waals surface area contributed by atoms with Crippen LogP contribution in [0.3, 0.4) is 0 Å². The molecule has 3 aromatic heterocycles. The Labute approximate surface area is 329 Å². The Morgan fingerprint density at radius 1 is 0.544 bits per heavy atom. The van der Waals surface area contributed by atoms with Gasteiger partial charge in [-0.2, -0.15) is 0 Å². The molecule has 7 aromatic carbocycles. The number of allylic oxidation sites excluding steroid dienone is 2. The third-order valence-electron chi connectivity index (χ3n) is 11.9. The maximum Gasteiger partial charge on any atom is 0.160 e.